The number of hydrogen-bond donors (Lipinski definition) is 1. The van der Waals surface area contributed by atoms with Crippen molar-refractivity contribution in [3.05, 3.63) is 63.6 Å². The molecule has 0 aliphatic heterocycles. The van der Waals surface area contributed by atoms with Crippen LogP contribution in [0.15, 0.2) is 42.5 Å². The van der Waals surface area contributed by atoms with Crippen LogP contribution >= 0.6 is 23.2 Å². The summed E-state index contributed by atoms with van der Waals surface area (Å²) in [5.41, 5.74) is 2.26. The Balaban J connectivity index is 1.98. The highest BCUT2D eigenvalue weighted by Gasteiger charge is 2.06. The smallest absolute Gasteiger partial charge is 0.119 e. The molecule has 0 amide bonds. The lowest BCUT2D eigenvalue weighted by molar-refractivity contribution is 0.306. The fourth-order valence-electron chi connectivity index (χ4n) is 2.20. The summed E-state index contributed by atoms with van der Waals surface area (Å²) in [5.74, 6) is 0.843. The van der Waals surface area contributed by atoms with Crippen LogP contribution in [-0.4, -0.2) is 7.05 Å². The van der Waals surface area contributed by atoms with Crippen molar-refractivity contribution < 1.29 is 4.74 Å². The van der Waals surface area contributed by atoms with Crippen LogP contribution in [0.1, 0.15) is 30.5 Å². The maximum atomic E-state index is 5.99. The molecule has 0 bridgehead atoms. The van der Waals surface area contributed by atoms with Gasteiger partial charge in [0.1, 0.15) is 12.4 Å². The zero-order chi connectivity index (χ0) is 15.2. The predicted molar refractivity (Wildman–Crippen MR) is 89.3 cm³/mol. The van der Waals surface area contributed by atoms with Gasteiger partial charge in [0, 0.05) is 6.04 Å². The standard InChI is InChI=1S/C17H19Cl2NO/c1-3-17(20-2)13-5-7-14(8-6-13)21-11-12-4-9-15(18)16(19)10-12/h4-10,17,20H,3,11H2,1-2H3. The molecule has 0 spiro atoms. The van der Waals surface area contributed by atoms with Crippen molar-refractivity contribution in [1.82, 2.24) is 5.32 Å². The largest absolute Gasteiger partial charge is 0.489 e. The zero-order valence-corrected chi connectivity index (χ0v) is 13.7. The van der Waals surface area contributed by atoms with Gasteiger partial charge < -0.3 is 10.1 Å². The highest BCUT2D eigenvalue weighted by Crippen LogP contribution is 2.24. The predicted octanol–water partition coefficient (Wildman–Crippen LogP) is 5.24. The van der Waals surface area contributed by atoms with E-state index in [1.54, 1.807) is 6.07 Å². The van der Waals surface area contributed by atoms with Crippen molar-refractivity contribution in [2.24, 2.45) is 0 Å². The monoisotopic (exact) mass is 323 g/mol. The summed E-state index contributed by atoms with van der Waals surface area (Å²) in [4.78, 5) is 0. The number of ether oxygens (including phenoxy) is 1. The summed E-state index contributed by atoms with van der Waals surface area (Å²) >= 11 is 11.9. The molecule has 2 aromatic rings. The van der Waals surface area contributed by atoms with E-state index in [9.17, 15) is 0 Å². The van der Waals surface area contributed by atoms with Crippen LogP contribution in [0, 0.1) is 0 Å². The van der Waals surface area contributed by atoms with Crippen molar-refractivity contribution in [1.29, 1.82) is 0 Å². The minimum atomic E-state index is 0.383. The van der Waals surface area contributed by atoms with Gasteiger partial charge >= 0.3 is 0 Å². The van der Waals surface area contributed by atoms with E-state index >= 15 is 0 Å². The molecule has 112 valence electrons. The Hall–Kier alpha value is -1.22. The number of benzene rings is 2. The molecule has 0 saturated heterocycles. The van der Waals surface area contributed by atoms with Crippen molar-refractivity contribution >= 4 is 23.2 Å². The van der Waals surface area contributed by atoms with Gasteiger partial charge in [-0.15, -0.1) is 0 Å². The molecule has 2 aromatic carbocycles. The van der Waals surface area contributed by atoms with Gasteiger partial charge in [0.05, 0.1) is 10.0 Å². The highest BCUT2D eigenvalue weighted by molar-refractivity contribution is 6.42. The van der Waals surface area contributed by atoms with Gasteiger partial charge in [-0.1, -0.05) is 48.3 Å². The minimum absolute atomic E-state index is 0.383. The fraction of sp³-hybridized carbons (Fsp3) is 0.294. The lowest BCUT2D eigenvalue weighted by atomic mass is 10.0. The average molecular weight is 324 g/mol. The van der Waals surface area contributed by atoms with Crippen molar-refractivity contribution in [2.75, 3.05) is 7.05 Å². The number of halogens is 2. The third kappa shape index (κ3) is 4.37. The molecule has 0 aliphatic rings. The first-order chi connectivity index (χ1) is 10.1. The Morgan fingerprint density at radius 2 is 1.76 bits per heavy atom. The molecular formula is C17H19Cl2NO. The number of hydrogen-bond acceptors (Lipinski definition) is 2. The second-order valence-electron chi connectivity index (χ2n) is 4.86. The second-order valence-corrected chi connectivity index (χ2v) is 5.67. The van der Waals surface area contributed by atoms with Gasteiger partial charge in [-0.05, 0) is 48.9 Å². The van der Waals surface area contributed by atoms with Gasteiger partial charge in [0.2, 0.25) is 0 Å². The van der Waals surface area contributed by atoms with E-state index in [0.717, 1.165) is 17.7 Å². The second kappa shape index (κ2) is 7.69. The molecule has 21 heavy (non-hydrogen) atoms. The van der Waals surface area contributed by atoms with Crippen LogP contribution in [0.4, 0.5) is 0 Å². The Kier molecular flexibility index (Phi) is 5.92. The van der Waals surface area contributed by atoms with Crippen LogP contribution in [0.25, 0.3) is 0 Å². The van der Waals surface area contributed by atoms with E-state index in [2.05, 4.69) is 24.4 Å². The van der Waals surface area contributed by atoms with E-state index in [4.69, 9.17) is 27.9 Å². The lowest BCUT2D eigenvalue weighted by Crippen LogP contribution is -2.14. The number of nitrogens with one attached hydrogen (secondary N) is 1. The first-order valence-electron chi connectivity index (χ1n) is 6.98. The highest BCUT2D eigenvalue weighted by atomic mass is 35.5. The minimum Gasteiger partial charge on any atom is -0.489 e. The first kappa shape index (κ1) is 16.2. The summed E-state index contributed by atoms with van der Waals surface area (Å²) in [6.07, 6.45) is 1.06. The molecule has 1 N–H and O–H groups in total. The molecular weight excluding hydrogens is 305 g/mol. The van der Waals surface area contributed by atoms with Crippen molar-refractivity contribution in [3.8, 4) is 5.75 Å². The van der Waals surface area contributed by atoms with E-state index in [-0.39, 0.29) is 0 Å². The van der Waals surface area contributed by atoms with Gasteiger partial charge in [0.15, 0.2) is 0 Å². The SMILES string of the molecule is CCC(NC)c1ccc(OCc2ccc(Cl)c(Cl)c2)cc1. The van der Waals surface area contributed by atoms with E-state index in [0.29, 0.717) is 22.7 Å². The molecule has 2 nitrogen and oxygen atoms in total. The molecule has 0 aliphatic carbocycles. The normalized spacial score (nSPS) is 12.2. The Morgan fingerprint density at radius 1 is 1.05 bits per heavy atom. The molecule has 1 atom stereocenters. The van der Waals surface area contributed by atoms with Gasteiger partial charge in [-0.25, -0.2) is 0 Å². The van der Waals surface area contributed by atoms with Crippen LogP contribution in [0.5, 0.6) is 5.75 Å². The quantitative estimate of drug-likeness (QED) is 0.784. The maximum Gasteiger partial charge on any atom is 0.119 e. The average Bonchev–Trinajstić information content (AvgIpc) is 2.51. The van der Waals surface area contributed by atoms with Gasteiger partial charge in [-0.2, -0.15) is 0 Å². The summed E-state index contributed by atoms with van der Waals surface area (Å²) < 4.78 is 5.77. The molecule has 0 heterocycles. The molecule has 4 heteroatoms. The zero-order valence-electron chi connectivity index (χ0n) is 12.2. The summed E-state index contributed by atoms with van der Waals surface area (Å²) in [5, 5.41) is 4.40. The molecule has 0 saturated carbocycles. The first-order valence-corrected chi connectivity index (χ1v) is 7.73. The van der Waals surface area contributed by atoms with Crippen molar-refractivity contribution in [2.45, 2.75) is 26.0 Å². The fourth-order valence-corrected chi connectivity index (χ4v) is 2.52. The Labute approximate surface area is 136 Å². The van der Waals surface area contributed by atoms with Crippen LogP contribution < -0.4 is 10.1 Å². The Bertz CT molecular complexity index is 580. The van der Waals surface area contributed by atoms with E-state index in [1.165, 1.54) is 5.56 Å². The lowest BCUT2D eigenvalue weighted by Gasteiger charge is -2.15. The Morgan fingerprint density at radius 3 is 2.33 bits per heavy atom. The van der Waals surface area contributed by atoms with Gasteiger partial charge in [-0.3, -0.25) is 0 Å². The van der Waals surface area contributed by atoms with Crippen molar-refractivity contribution in [3.63, 3.8) is 0 Å². The van der Waals surface area contributed by atoms with Crippen LogP contribution in [0.2, 0.25) is 10.0 Å². The molecule has 2 rings (SSSR count). The summed E-state index contributed by atoms with van der Waals surface area (Å²) in [6.45, 7) is 2.63. The van der Waals surface area contributed by atoms with Crippen LogP contribution in [-0.2, 0) is 6.61 Å². The molecule has 0 radical (unpaired) electrons. The molecule has 0 aromatic heterocycles. The third-order valence-electron chi connectivity index (χ3n) is 3.43. The maximum absolute atomic E-state index is 5.99. The third-order valence-corrected chi connectivity index (χ3v) is 4.17. The summed E-state index contributed by atoms with van der Waals surface area (Å²) in [7, 11) is 1.98. The molecule has 0 fully saturated rings. The number of rotatable bonds is 6. The van der Waals surface area contributed by atoms with E-state index in [1.807, 2.05) is 31.3 Å². The van der Waals surface area contributed by atoms with E-state index < -0.39 is 0 Å². The summed E-state index contributed by atoms with van der Waals surface area (Å²) in [6, 6.07) is 14.1. The van der Waals surface area contributed by atoms with Crippen LogP contribution in [0.3, 0.4) is 0 Å². The van der Waals surface area contributed by atoms with Gasteiger partial charge in [0.25, 0.3) is 0 Å². The topological polar surface area (TPSA) is 21.3 Å². The molecule has 1 unspecified atom stereocenters.